The molecule has 0 aliphatic rings. The Morgan fingerprint density at radius 1 is 1.00 bits per heavy atom. The molecule has 6 N–H and O–H groups in total. The van der Waals surface area contributed by atoms with Crippen LogP contribution in [0.4, 0.5) is 0 Å². The molecule has 0 aromatic rings. The van der Waals surface area contributed by atoms with E-state index in [1.807, 2.05) is 0 Å². The fourth-order valence-electron chi connectivity index (χ4n) is 0. The predicted molar refractivity (Wildman–Crippen MR) is 34.6 cm³/mol. The summed E-state index contributed by atoms with van der Waals surface area (Å²) in [5.41, 5.74) is 0. The van der Waals surface area contributed by atoms with Crippen LogP contribution in [0.5, 0.6) is 0 Å². The van der Waals surface area contributed by atoms with Gasteiger partial charge in [-0.2, -0.15) is 0 Å². The van der Waals surface area contributed by atoms with Gasteiger partial charge in [0.25, 0.3) is 0 Å². The highest BCUT2D eigenvalue weighted by atomic mass is 33.1. The molecule has 0 saturated heterocycles. The molecular formula is H6O4S3. The molecule has 7 heavy (non-hydrogen) atoms. The lowest BCUT2D eigenvalue weighted by Crippen LogP contribution is -1.84. The van der Waals surface area contributed by atoms with E-state index in [4.69, 9.17) is 9.11 Å². The zero-order valence-electron chi connectivity index (χ0n) is 3.12. The van der Waals surface area contributed by atoms with Gasteiger partial charge in [-0.3, -0.25) is 0 Å². The van der Waals surface area contributed by atoms with E-state index >= 15 is 0 Å². The van der Waals surface area contributed by atoms with Gasteiger partial charge in [0.15, 0.2) is 0 Å². The van der Waals surface area contributed by atoms with Crippen LogP contribution in [0.25, 0.3) is 0 Å². The SMILES string of the molecule is O.O.OS(O)(=S)=S. The van der Waals surface area contributed by atoms with Gasteiger partial charge in [0, 0.05) is 22.4 Å². The quantitative estimate of drug-likeness (QED) is 0.450. The van der Waals surface area contributed by atoms with E-state index < -0.39 is 7.71 Å². The summed E-state index contributed by atoms with van der Waals surface area (Å²) in [6, 6.07) is 0. The van der Waals surface area contributed by atoms with Gasteiger partial charge in [-0.1, -0.05) is 0 Å². The molecule has 0 heterocycles. The Morgan fingerprint density at radius 3 is 1.00 bits per heavy atom. The molecule has 0 aromatic carbocycles. The Morgan fingerprint density at radius 2 is 1.00 bits per heavy atom. The molecule has 0 aliphatic heterocycles. The Kier molecular flexibility index (Phi) is 10.7. The molecule has 0 amide bonds. The van der Waals surface area contributed by atoms with E-state index in [0.717, 1.165) is 0 Å². The zero-order valence-corrected chi connectivity index (χ0v) is 5.57. The van der Waals surface area contributed by atoms with Gasteiger partial charge >= 0.3 is 0 Å². The highest BCUT2D eigenvalue weighted by Gasteiger charge is 1.71. The second kappa shape index (κ2) is 4.78. The lowest BCUT2D eigenvalue weighted by atomic mass is 15.9. The van der Waals surface area contributed by atoms with E-state index in [9.17, 15) is 0 Å². The lowest BCUT2D eigenvalue weighted by Gasteiger charge is -1.78. The average Bonchev–Trinajstić information content (AvgIpc) is 0.722. The van der Waals surface area contributed by atoms with Gasteiger partial charge in [-0.25, -0.2) is 0 Å². The molecule has 0 atom stereocenters. The third-order valence-electron chi connectivity index (χ3n) is 0. The van der Waals surface area contributed by atoms with Crippen molar-refractivity contribution in [2.75, 3.05) is 0 Å². The van der Waals surface area contributed by atoms with Crippen molar-refractivity contribution in [2.24, 2.45) is 0 Å². The van der Waals surface area contributed by atoms with E-state index in [2.05, 4.69) is 22.4 Å². The minimum atomic E-state index is -3.00. The Bertz CT molecular complexity index is 90.1. The fourth-order valence-corrected chi connectivity index (χ4v) is 0. The molecule has 0 rings (SSSR count). The molecule has 0 radical (unpaired) electrons. The molecule has 7 heteroatoms. The van der Waals surface area contributed by atoms with Crippen LogP contribution in [0, 0.1) is 0 Å². The zero-order chi connectivity index (χ0) is 4.50. The van der Waals surface area contributed by atoms with Crippen LogP contribution in [-0.2, 0) is 30.1 Å². The highest BCUT2D eigenvalue weighted by Crippen LogP contribution is 1.64. The van der Waals surface area contributed by atoms with Crippen LogP contribution < -0.4 is 0 Å². The van der Waals surface area contributed by atoms with Gasteiger partial charge in [-0.05, 0) is 0 Å². The maximum absolute atomic E-state index is 7.79. The van der Waals surface area contributed by atoms with Crippen molar-refractivity contribution in [1.82, 2.24) is 0 Å². The summed E-state index contributed by atoms with van der Waals surface area (Å²) in [6.45, 7) is 0. The van der Waals surface area contributed by atoms with Gasteiger partial charge in [-0.15, -0.1) is 0 Å². The van der Waals surface area contributed by atoms with Crippen molar-refractivity contribution in [3.05, 3.63) is 0 Å². The molecule has 4 nitrogen and oxygen atoms in total. The first-order chi connectivity index (χ1) is 2.00. The molecular weight excluding hydrogens is 160 g/mol. The van der Waals surface area contributed by atoms with Crippen molar-refractivity contribution in [1.29, 1.82) is 0 Å². The van der Waals surface area contributed by atoms with E-state index in [1.165, 1.54) is 0 Å². The summed E-state index contributed by atoms with van der Waals surface area (Å²) in [6.07, 6.45) is 0. The molecule has 0 unspecified atom stereocenters. The summed E-state index contributed by atoms with van der Waals surface area (Å²) < 4.78 is 15.6. The molecule has 0 aliphatic carbocycles. The molecule has 48 valence electrons. The summed E-state index contributed by atoms with van der Waals surface area (Å²) in [5, 5.41) is 0. The average molecular weight is 166 g/mol. The molecule has 0 aromatic heterocycles. The predicted octanol–water partition coefficient (Wildman–Crippen LogP) is -1.64. The van der Waals surface area contributed by atoms with Crippen molar-refractivity contribution in [3.8, 4) is 0 Å². The lowest BCUT2D eigenvalue weighted by molar-refractivity contribution is 0.526. The minimum absolute atomic E-state index is 0. The topological polar surface area (TPSA) is 103 Å². The largest absolute Gasteiger partial charge is 0.412 e. The second-order valence-electron chi connectivity index (χ2n) is 0.448. The Labute approximate surface area is 50.6 Å². The number of hydrogen-bond acceptors (Lipinski definition) is 2. The summed E-state index contributed by atoms with van der Waals surface area (Å²) in [7, 11) is -3.00. The number of rotatable bonds is 0. The summed E-state index contributed by atoms with van der Waals surface area (Å²) in [5.74, 6) is 0. The fraction of sp³-hybridized carbons (Fsp3) is 0. The molecule has 0 spiro atoms. The van der Waals surface area contributed by atoms with Crippen LogP contribution in [0.3, 0.4) is 0 Å². The van der Waals surface area contributed by atoms with Crippen molar-refractivity contribution in [2.45, 2.75) is 0 Å². The van der Waals surface area contributed by atoms with Gasteiger partial charge in [0.1, 0.15) is 7.71 Å². The third kappa shape index (κ3) is 358. The smallest absolute Gasteiger partial charge is 0.132 e. The van der Waals surface area contributed by atoms with Crippen LogP contribution in [0.1, 0.15) is 0 Å². The second-order valence-corrected chi connectivity index (χ2v) is 4.77. The number of hydrogen-bond donors (Lipinski definition) is 2. The van der Waals surface area contributed by atoms with Crippen molar-refractivity contribution < 1.29 is 20.1 Å². The normalized spacial score (nSPS) is 8.29. The Hall–Kier alpha value is 0.630. The van der Waals surface area contributed by atoms with Gasteiger partial charge < -0.3 is 20.1 Å². The maximum atomic E-state index is 7.79. The highest BCUT2D eigenvalue weighted by molar-refractivity contribution is 8.50. The van der Waals surface area contributed by atoms with Crippen LogP contribution in [-0.4, -0.2) is 20.1 Å². The third-order valence-corrected chi connectivity index (χ3v) is 0. The first-order valence-corrected chi connectivity index (χ1v) is 4.10. The maximum Gasteiger partial charge on any atom is 0.132 e. The summed E-state index contributed by atoms with van der Waals surface area (Å²) >= 11 is 7.67. The van der Waals surface area contributed by atoms with Crippen molar-refractivity contribution in [3.63, 3.8) is 0 Å². The van der Waals surface area contributed by atoms with Crippen LogP contribution in [0.15, 0.2) is 0 Å². The molecule has 0 fully saturated rings. The van der Waals surface area contributed by atoms with Crippen LogP contribution in [0.2, 0.25) is 0 Å². The van der Waals surface area contributed by atoms with Crippen LogP contribution >= 0.6 is 0 Å². The van der Waals surface area contributed by atoms with E-state index in [-0.39, 0.29) is 11.0 Å². The van der Waals surface area contributed by atoms with Gasteiger partial charge in [0.2, 0.25) is 0 Å². The standard InChI is InChI=1S/H2O2S3.2H2O/c1-5(2,3)4;;/h(H2,1,2,3,4);2*1H2. The minimum Gasteiger partial charge on any atom is -0.412 e. The Balaban J connectivity index is -0.0000000800. The first-order valence-electron chi connectivity index (χ1n) is 0.698. The van der Waals surface area contributed by atoms with E-state index in [1.54, 1.807) is 0 Å². The molecule has 0 saturated carbocycles. The van der Waals surface area contributed by atoms with E-state index in [0.29, 0.717) is 0 Å². The van der Waals surface area contributed by atoms with Gasteiger partial charge in [0.05, 0.1) is 0 Å². The monoisotopic (exact) mass is 166 g/mol. The first kappa shape index (κ1) is 15.6. The summed E-state index contributed by atoms with van der Waals surface area (Å²) in [4.78, 5) is 0. The molecule has 0 bridgehead atoms. The van der Waals surface area contributed by atoms with Crippen molar-refractivity contribution >= 4 is 30.1 Å².